The fourth-order valence-corrected chi connectivity index (χ4v) is 1.26. The largest absolute Gasteiger partial charge is 0.480 e. The van der Waals surface area contributed by atoms with Crippen molar-refractivity contribution in [3.63, 3.8) is 0 Å². The van der Waals surface area contributed by atoms with Gasteiger partial charge in [-0.25, -0.2) is 9.59 Å². The predicted octanol–water partition coefficient (Wildman–Crippen LogP) is -0.725. The number of aliphatic carboxylic acids is 1. The average Bonchev–Trinajstić information content (AvgIpc) is 2.93. The van der Waals surface area contributed by atoms with Gasteiger partial charge in [0.15, 0.2) is 5.82 Å². The topological polar surface area (TPSA) is 144 Å². The van der Waals surface area contributed by atoms with E-state index in [1.165, 1.54) is 7.11 Å². The van der Waals surface area contributed by atoms with Crippen LogP contribution in [0.25, 0.3) is 0 Å². The molecule has 0 spiro atoms. The third-order valence-corrected chi connectivity index (χ3v) is 2.28. The van der Waals surface area contributed by atoms with E-state index in [1.807, 2.05) is 0 Å². The second-order valence-corrected chi connectivity index (χ2v) is 3.68. The first-order valence-corrected chi connectivity index (χ1v) is 5.62. The number of aromatic nitrogens is 2. The van der Waals surface area contributed by atoms with Gasteiger partial charge in [0, 0.05) is 6.42 Å². The van der Waals surface area contributed by atoms with Crippen molar-refractivity contribution in [2.75, 3.05) is 7.11 Å². The lowest BCUT2D eigenvalue weighted by Crippen LogP contribution is -2.46. The molecule has 3 N–H and O–H groups in total. The van der Waals surface area contributed by atoms with E-state index >= 15 is 0 Å². The molecule has 0 aliphatic heterocycles. The number of carboxylic acid groups (broad SMARTS) is 1. The third-order valence-electron chi connectivity index (χ3n) is 2.28. The Balaban J connectivity index is 2.38. The number of hydrogen-bond acceptors (Lipinski definition) is 7. The quantitative estimate of drug-likeness (QED) is 0.557. The maximum absolute atomic E-state index is 11.5. The van der Waals surface area contributed by atoms with Gasteiger partial charge >= 0.3 is 18.0 Å². The van der Waals surface area contributed by atoms with Gasteiger partial charge in [-0.3, -0.25) is 4.79 Å². The monoisotopic (exact) mass is 286 g/mol. The van der Waals surface area contributed by atoms with Crippen molar-refractivity contribution in [2.45, 2.75) is 25.4 Å². The number of hydrogen-bond donors (Lipinski definition) is 3. The summed E-state index contributed by atoms with van der Waals surface area (Å²) in [6.45, 7) is -0.00826. The highest BCUT2D eigenvalue weighted by Crippen LogP contribution is 1.99. The number of rotatable bonds is 7. The molecule has 0 aliphatic carbocycles. The fourth-order valence-electron chi connectivity index (χ4n) is 1.26. The van der Waals surface area contributed by atoms with Crippen LogP contribution in [0.3, 0.4) is 0 Å². The smallest absolute Gasteiger partial charge is 0.326 e. The van der Waals surface area contributed by atoms with Crippen LogP contribution >= 0.6 is 0 Å². The van der Waals surface area contributed by atoms with Crippen molar-refractivity contribution in [3.05, 3.63) is 12.2 Å². The van der Waals surface area contributed by atoms with E-state index in [0.29, 0.717) is 0 Å². The Morgan fingerprint density at radius 3 is 2.80 bits per heavy atom. The van der Waals surface area contributed by atoms with Crippen molar-refractivity contribution in [3.8, 4) is 0 Å². The van der Waals surface area contributed by atoms with Gasteiger partial charge in [-0.15, -0.1) is 0 Å². The van der Waals surface area contributed by atoms with Crippen LogP contribution in [0.15, 0.2) is 10.9 Å². The van der Waals surface area contributed by atoms with Crippen molar-refractivity contribution in [1.29, 1.82) is 0 Å². The number of nitrogens with zero attached hydrogens (tertiary/aromatic N) is 2. The molecular formula is C10H14N4O6. The van der Waals surface area contributed by atoms with Crippen LogP contribution in [-0.4, -0.2) is 46.4 Å². The molecule has 1 aromatic heterocycles. The molecule has 0 fully saturated rings. The first-order valence-electron chi connectivity index (χ1n) is 5.62. The summed E-state index contributed by atoms with van der Waals surface area (Å²) in [6.07, 6.45) is 0.918. The average molecular weight is 286 g/mol. The standard InChI is InChI=1S/C10H14N4O6/c1-19-8(15)3-2-6(9(16)17)13-10(18)11-4-7-12-5-20-14-7/h5-6H,2-4H2,1H3,(H,16,17)(H2,11,13,18)/t6-/m1/s1. The molecular weight excluding hydrogens is 272 g/mol. The van der Waals surface area contributed by atoms with Gasteiger partial charge in [-0.05, 0) is 6.42 Å². The van der Waals surface area contributed by atoms with Crippen LogP contribution in [0.4, 0.5) is 4.79 Å². The van der Waals surface area contributed by atoms with Gasteiger partial charge in [0.1, 0.15) is 6.04 Å². The Kier molecular flexibility index (Phi) is 5.94. The van der Waals surface area contributed by atoms with E-state index in [1.54, 1.807) is 0 Å². The van der Waals surface area contributed by atoms with E-state index in [9.17, 15) is 14.4 Å². The number of esters is 1. The summed E-state index contributed by atoms with van der Waals surface area (Å²) in [4.78, 5) is 37.0. The first kappa shape index (κ1) is 15.4. The number of ether oxygens (including phenoxy) is 1. The SMILES string of the molecule is COC(=O)CC[C@@H](NC(=O)NCc1ncon1)C(=O)O. The highest BCUT2D eigenvalue weighted by molar-refractivity contribution is 5.83. The zero-order chi connectivity index (χ0) is 15.0. The molecule has 0 aromatic carbocycles. The molecule has 2 amide bonds. The normalized spacial score (nSPS) is 11.4. The number of methoxy groups -OCH3 is 1. The molecule has 10 nitrogen and oxygen atoms in total. The van der Waals surface area contributed by atoms with Crippen molar-refractivity contribution < 1.29 is 28.8 Å². The lowest BCUT2D eigenvalue weighted by Gasteiger charge is -2.14. The molecule has 0 radical (unpaired) electrons. The highest BCUT2D eigenvalue weighted by atomic mass is 16.5. The Morgan fingerprint density at radius 2 is 2.25 bits per heavy atom. The minimum Gasteiger partial charge on any atom is -0.480 e. The Bertz CT molecular complexity index is 460. The predicted molar refractivity (Wildman–Crippen MR) is 62.3 cm³/mol. The van der Waals surface area contributed by atoms with E-state index in [2.05, 4.69) is 30.0 Å². The number of amides is 2. The molecule has 0 aliphatic rings. The summed E-state index contributed by atoms with van der Waals surface area (Å²) in [5, 5.41) is 17.0. The summed E-state index contributed by atoms with van der Waals surface area (Å²) in [5.41, 5.74) is 0. The number of carboxylic acids is 1. The van der Waals surface area contributed by atoms with Crippen molar-refractivity contribution in [2.24, 2.45) is 0 Å². The number of urea groups is 1. The van der Waals surface area contributed by atoms with Gasteiger partial charge in [0.2, 0.25) is 6.39 Å². The van der Waals surface area contributed by atoms with Gasteiger partial charge in [0.05, 0.1) is 13.7 Å². The van der Waals surface area contributed by atoms with Crippen molar-refractivity contribution >= 4 is 18.0 Å². The molecule has 20 heavy (non-hydrogen) atoms. The molecule has 1 aromatic rings. The molecule has 110 valence electrons. The van der Waals surface area contributed by atoms with Crippen LogP contribution in [0.1, 0.15) is 18.7 Å². The van der Waals surface area contributed by atoms with Gasteiger partial charge in [0.25, 0.3) is 0 Å². The van der Waals surface area contributed by atoms with Gasteiger partial charge in [-0.2, -0.15) is 4.98 Å². The van der Waals surface area contributed by atoms with E-state index < -0.39 is 24.0 Å². The zero-order valence-corrected chi connectivity index (χ0v) is 10.7. The number of nitrogens with one attached hydrogen (secondary N) is 2. The summed E-state index contributed by atoms with van der Waals surface area (Å²) >= 11 is 0. The van der Waals surface area contributed by atoms with Crippen LogP contribution in [0.2, 0.25) is 0 Å². The molecule has 1 heterocycles. The lowest BCUT2D eigenvalue weighted by atomic mass is 10.1. The summed E-state index contributed by atoms with van der Waals surface area (Å²) in [6, 6.07) is -1.91. The maximum Gasteiger partial charge on any atom is 0.326 e. The van der Waals surface area contributed by atoms with Crippen LogP contribution in [-0.2, 0) is 20.9 Å². The first-order chi connectivity index (χ1) is 9.52. The van der Waals surface area contributed by atoms with Crippen molar-refractivity contribution in [1.82, 2.24) is 20.8 Å². The minimum atomic E-state index is -1.25. The molecule has 0 bridgehead atoms. The molecule has 0 saturated carbocycles. The Hall–Kier alpha value is -2.65. The molecule has 0 unspecified atom stereocenters. The maximum atomic E-state index is 11.5. The van der Waals surface area contributed by atoms with E-state index in [0.717, 1.165) is 6.39 Å². The van der Waals surface area contributed by atoms with E-state index in [4.69, 9.17) is 5.11 Å². The molecule has 10 heteroatoms. The molecule has 0 saturated heterocycles. The third kappa shape index (κ3) is 5.33. The van der Waals surface area contributed by atoms with Gasteiger partial charge in [-0.1, -0.05) is 5.16 Å². The molecule has 1 atom stereocenters. The van der Waals surface area contributed by atoms with Crippen LogP contribution < -0.4 is 10.6 Å². The van der Waals surface area contributed by atoms with Crippen LogP contribution in [0.5, 0.6) is 0 Å². The highest BCUT2D eigenvalue weighted by Gasteiger charge is 2.21. The number of carbonyl (C=O) groups is 3. The zero-order valence-electron chi connectivity index (χ0n) is 10.7. The summed E-state index contributed by atoms with van der Waals surface area (Å²) < 4.78 is 8.86. The minimum absolute atomic E-state index is 0.00826. The fraction of sp³-hybridized carbons (Fsp3) is 0.500. The van der Waals surface area contributed by atoms with Gasteiger partial charge < -0.3 is 25.0 Å². The van der Waals surface area contributed by atoms with E-state index in [-0.39, 0.29) is 25.2 Å². The Morgan fingerprint density at radius 1 is 1.50 bits per heavy atom. The van der Waals surface area contributed by atoms with Crippen LogP contribution in [0, 0.1) is 0 Å². The molecule has 1 rings (SSSR count). The Labute approximate surface area is 113 Å². The summed E-state index contributed by atoms with van der Waals surface area (Å²) in [5.74, 6) is -1.55. The lowest BCUT2D eigenvalue weighted by molar-refractivity contribution is -0.142. The second kappa shape index (κ2) is 7.71. The second-order valence-electron chi connectivity index (χ2n) is 3.68. The summed E-state index contributed by atoms with van der Waals surface area (Å²) in [7, 11) is 1.20. The number of carbonyl (C=O) groups excluding carboxylic acids is 2.